The van der Waals surface area contributed by atoms with Crippen LogP contribution in [0.1, 0.15) is 19.4 Å². The molecule has 1 aliphatic heterocycles. The van der Waals surface area contributed by atoms with Crippen LogP contribution in [0.3, 0.4) is 0 Å². The van der Waals surface area contributed by atoms with Crippen molar-refractivity contribution in [3.63, 3.8) is 0 Å². The zero-order valence-electron chi connectivity index (χ0n) is 12.8. The van der Waals surface area contributed by atoms with Gasteiger partial charge in [0.25, 0.3) is 0 Å². The van der Waals surface area contributed by atoms with E-state index in [0.717, 1.165) is 18.8 Å². The fourth-order valence-electron chi connectivity index (χ4n) is 2.46. The van der Waals surface area contributed by atoms with Gasteiger partial charge in [-0.15, -0.1) is 0 Å². The number of anilines is 1. The molecule has 5 nitrogen and oxygen atoms in total. The molecule has 1 aromatic carbocycles. The van der Waals surface area contributed by atoms with Crippen LogP contribution >= 0.6 is 0 Å². The summed E-state index contributed by atoms with van der Waals surface area (Å²) in [4.78, 5) is 13.5. The first-order chi connectivity index (χ1) is 10.1. The van der Waals surface area contributed by atoms with Crippen molar-refractivity contribution >= 4 is 11.6 Å². The van der Waals surface area contributed by atoms with Crippen molar-refractivity contribution in [1.29, 1.82) is 0 Å². The molecular formula is C16H25N3O2. The largest absolute Gasteiger partial charge is 0.377 e. The number of morpholine rings is 1. The fraction of sp³-hybridized carbons (Fsp3) is 0.562. The number of amides is 1. The molecule has 1 unspecified atom stereocenters. The molecule has 116 valence electrons. The number of hydrogen-bond donors (Lipinski definition) is 2. The molecule has 1 heterocycles. The Labute approximate surface area is 126 Å². The van der Waals surface area contributed by atoms with Gasteiger partial charge in [0.15, 0.2) is 0 Å². The quantitative estimate of drug-likeness (QED) is 0.824. The fourth-order valence-corrected chi connectivity index (χ4v) is 2.46. The van der Waals surface area contributed by atoms with Crippen LogP contribution in [0.15, 0.2) is 24.3 Å². The van der Waals surface area contributed by atoms with Gasteiger partial charge in [-0.3, -0.25) is 4.79 Å². The van der Waals surface area contributed by atoms with Gasteiger partial charge >= 0.3 is 0 Å². The van der Waals surface area contributed by atoms with Gasteiger partial charge in [-0.25, -0.2) is 0 Å². The maximum absolute atomic E-state index is 11.5. The van der Waals surface area contributed by atoms with E-state index in [9.17, 15) is 4.79 Å². The third-order valence-corrected chi connectivity index (χ3v) is 3.61. The molecule has 1 amide bonds. The second-order valence-electron chi connectivity index (χ2n) is 5.88. The van der Waals surface area contributed by atoms with Gasteiger partial charge in [0, 0.05) is 18.8 Å². The number of carbonyl (C=O) groups excluding carboxylic acids is 1. The van der Waals surface area contributed by atoms with Crippen molar-refractivity contribution in [2.45, 2.75) is 26.4 Å². The molecule has 0 bridgehead atoms. The van der Waals surface area contributed by atoms with E-state index in [1.165, 1.54) is 5.56 Å². The Morgan fingerprint density at radius 1 is 1.43 bits per heavy atom. The molecule has 1 saturated heterocycles. The number of benzene rings is 1. The lowest BCUT2D eigenvalue weighted by Crippen LogP contribution is -2.52. The summed E-state index contributed by atoms with van der Waals surface area (Å²) in [7, 11) is 0. The predicted molar refractivity (Wildman–Crippen MR) is 84.1 cm³/mol. The number of ether oxygens (including phenoxy) is 1. The Hall–Kier alpha value is -1.59. The SMILES string of the molecule is CC(C)CNCc1ccc(N2CCOCC2C(N)=O)cc1. The topological polar surface area (TPSA) is 67.6 Å². The second-order valence-corrected chi connectivity index (χ2v) is 5.88. The zero-order valence-corrected chi connectivity index (χ0v) is 12.8. The van der Waals surface area contributed by atoms with Gasteiger partial charge in [-0.05, 0) is 30.2 Å². The van der Waals surface area contributed by atoms with Gasteiger partial charge in [-0.1, -0.05) is 26.0 Å². The maximum atomic E-state index is 11.5. The number of hydrogen-bond acceptors (Lipinski definition) is 4. The van der Waals surface area contributed by atoms with E-state index in [1.807, 2.05) is 17.0 Å². The highest BCUT2D eigenvalue weighted by Crippen LogP contribution is 2.20. The van der Waals surface area contributed by atoms with Crippen molar-refractivity contribution < 1.29 is 9.53 Å². The number of primary amides is 1. The smallest absolute Gasteiger partial charge is 0.242 e. The molecule has 1 atom stereocenters. The van der Waals surface area contributed by atoms with E-state index in [4.69, 9.17) is 10.5 Å². The van der Waals surface area contributed by atoms with Crippen molar-refractivity contribution in [2.75, 3.05) is 31.2 Å². The van der Waals surface area contributed by atoms with E-state index in [2.05, 4.69) is 31.3 Å². The van der Waals surface area contributed by atoms with E-state index in [0.29, 0.717) is 25.7 Å². The molecule has 0 spiro atoms. The lowest BCUT2D eigenvalue weighted by Gasteiger charge is -2.35. The standard InChI is InChI=1S/C16H25N3O2/c1-12(2)9-18-10-13-3-5-14(6-4-13)19-7-8-21-11-15(19)16(17)20/h3-6,12,15,18H,7-11H2,1-2H3,(H2,17,20). The van der Waals surface area contributed by atoms with Crippen LogP contribution in [0, 0.1) is 5.92 Å². The molecule has 0 aliphatic carbocycles. The maximum Gasteiger partial charge on any atom is 0.242 e. The average molecular weight is 291 g/mol. The summed E-state index contributed by atoms with van der Waals surface area (Å²) in [6.45, 7) is 7.94. The number of nitrogens with zero attached hydrogens (tertiary/aromatic N) is 1. The zero-order chi connectivity index (χ0) is 15.2. The van der Waals surface area contributed by atoms with Crippen molar-refractivity contribution in [3.8, 4) is 0 Å². The molecule has 0 radical (unpaired) electrons. The van der Waals surface area contributed by atoms with E-state index >= 15 is 0 Å². The Balaban J connectivity index is 1.98. The van der Waals surface area contributed by atoms with Gasteiger partial charge in [-0.2, -0.15) is 0 Å². The number of nitrogens with two attached hydrogens (primary N) is 1. The summed E-state index contributed by atoms with van der Waals surface area (Å²) in [5.74, 6) is 0.311. The van der Waals surface area contributed by atoms with Crippen LogP contribution in [-0.2, 0) is 16.1 Å². The first-order valence-corrected chi connectivity index (χ1v) is 7.51. The summed E-state index contributed by atoms with van der Waals surface area (Å²) < 4.78 is 5.34. The molecular weight excluding hydrogens is 266 g/mol. The lowest BCUT2D eigenvalue weighted by molar-refractivity contribution is -0.121. The summed E-state index contributed by atoms with van der Waals surface area (Å²) in [5.41, 5.74) is 7.71. The van der Waals surface area contributed by atoms with Crippen LogP contribution in [0.5, 0.6) is 0 Å². The Bertz CT molecular complexity index is 459. The van der Waals surface area contributed by atoms with E-state index in [1.54, 1.807) is 0 Å². The van der Waals surface area contributed by atoms with Crippen LogP contribution in [0.2, 0.25) is 0 Å². The summed E-state index contributed by atoms with van der Waals surface area (Å²) in [5, 5.41) is 3.42. The summed E-state index contributed by atoms with van der Waals surface area (Å²) >= 11 is 0. The van der Waals surface area contributed by atoms with Gasteiger partial charge < -0.3 is 20.7 Å². The third kappa shape index (κ3) is 4.44. The third-order valence-electron chi connectivity index (χ3n) is 3.61. The minimum absolute atomic E-state index is 0.336. The monoisotopic (exact) mass is 291 g/mol. The number of rotatable bonds is 6. The van der Waals surface area contributed by atoms with Crippen molar-refractivity contribution in [2.24, 2.45) is 11.7 Å². The van der Waals surface area contributed by atoms with Gasteiger partial charge in [0.1, 0.15) is 6.04 Å². The molecule has 3 N–H and O–H groups in total. The molecule has 0 aromatic heterocycles. The van der Waals surface area contributed by atoms with Crippen LogP contribution in [-0.4, -0.2) is 38.3 Å². The average Bonchev–Trinajstić information content (AvgIpc) is 2.47. The molecule has 1 fully saturated rings. The highest BCUT2D eigenvalue weighted by molar-refractivity contribution is 5.84. The minimum atomic E-state index is -0.372. The van der Waals surface area contributed by atoms with Crippen molar-refractivity contribution in [3.05, 3.63) is 29.8 Å². The molecule has 2 rings (SSSR count). The molecule has 1 aromatic rings. The first-order valence-electron chi connectivity index (χ1n) is 7.51. The summed E-state index contributed by atoms with van der Waals surface area (Å²) in [6.07, 6.45) is 0. The molecule has 21 heavy (non-hydrogen) atoms. The van der Waals surface area contributed by atoms with E-state index in [-0.39, 0.29) is 11.9 Å². The predicted octanol–water partition coefficient (Wildman–Crippen LogP) is 1.12. The van der Waals surface area contributed by atoms with Crippen LogP contribution in [0.25, 0.3) is 0 Å². The van der Waals surface area contributed by atoms with Gasteiger partial charge in [0.2, 0.25) is 5.91 Å². The van der Waals surface area contributed by atoms with Crippen LogP contribution < -0.4 is 16.0 Å². The van der Waals surface area contributed by atoms with Crippen molar-refractivity contribution in [1.82, 2.24) is 5.32 Å². The van der Waals surface area contributed by atoms with Crippen LogP contribution in [0.4, 0.5) is 5.69 Å². The van der Waals surface area contributed by atoms with E-state index < -0.39 is 0 Å². The normalized spacial score (nSPS) is 19.0. The minimum Gasteiger partial charge on any atom is -0.377 e. The number of nitrogens with one attached hydrogen (secondary N) is 1. The number of carbonyl (C=O) groups is 1. The Kier molecular flexibility index (Phi) is 5.59. The highest BCUT2D eigenvalue weighted by Gasteiger charge is 2.27. The first kappa shape index (κ1) is 15.8. The Morgan fingerprint density at radius 3 is 2.76 bits per heavy atom. The molecule has 0 saturated carbocycles. The highest BCUT2D eigenvalue weighted by atomic mass is 16.5. The Morgan fingerprint density at radius 2 is 2.14 bits per heavy atom. The summed E-state index contributed by atoms with van der Waals surface area (Å²) in [6, 6.07) is 7.91. The second kappa shape index (κ2) is 7.43. The molecule has 5 heteroatoms. The molecule has 1 aliphatic rings. The lowest BCUT2D eigenvalue weighted by atomic mass is 10.1. The van der Waals surface area contributed by atoms with Gasteiger partial charge in [0.05, 0.1) is 13.2 Å².